The summed E-state index contributed by atoms with van der Waals surface area (Å²) in [6, 6.07) is 11.0. The van der Waals surface area contributed by atoms with Crippen LogP contribution >= 0.6 is 23.2 Å². The summed E-state index contributed by atoms with van der Waals surface area (Å²) in [5, 5.41) is 3.67. The Bertz CT molecular complexity index is 942. The topological polar surface area (TPSA) is 47.0 Å². The largest absolute Gasteiger partial charge is 0.573 e. The van der Waals surface area contributed by atoms with E-state index in [0.717, 1.165) is 12.1 Å². The van der Waals surface area contributed by atoms with Crippen LogP contribution in [0, 0.1) is 0 Å². The predicted octanol–water partition coefficient (Wildman–Crippen LogP) is 5.04. The molecule has 0 radical (unpaired) electrons. The molecule has 0 aliphatic rings. The summed E-state index contributed by atoms with van der Waals surface area (Å²) >= 11 is 11.9. The van der Waals surface area contributed by atoms with Crippen LogP contribution in [0.2, 0.25) is 10.0 Å². The highest BCUT2D eigenvalue weighted by Crippen LogP contribution is 2.26. The fraction of sp³-hybridized carbons (Fsp3) is 0.0625. The summed E-state index contributed by atoms with van der Waals surface area (Å²) in [5.41, 5.74) is 1.02. The molecule has 1 aromatic heterocycles. The number of rotatable bonds is 3. The minimum Gasteiger partial charge on any atom is -0.406 e. The van der Waals surface area contributed by atoms with Crippen molar-refractivity contribution in [3.8, 4) is 22.7 Å². The molecule has 0 fully saturated rings. The predicted molar refractivity (Wildman–Crippen MR) is 88.5 cm³/mol. The van der Waals surface area contributed by atoms with Gasteiger partial charge in [-0.2, -0.15) is 0 Å². The van der Waals surface area contributed by atoms with E-state index in [1.807, 2.05) is 0 Å². The molecule has 2 aromatic carbocycles. The Kier molecular flexibility index (Phi) is 4.53. The first-order valence-electron chi connectivity index (χ1n) is 6.86. The standard InChI is InChI=1S/C16H9Cl2F3N2O2/c17-10-5-9(6-11(18)7-10)14-8-15(24)23(22-14)12-1-3-13(4-2-12)25-16(19,20)21/h1-8,22H. The van der Waals surface area contributed by atoms with Crippen molar-refractivity contribution in [3.63, 3.8) is 0 Å². The van der Waals surface area contributed by atoms with Gasteiger partial charge in [0.1, 0.15) is 5.75 Å². The second kappa shape index (κ2) is 6.50. The lowest BCUT2D eigenvalue weighted by Crippen LogP contribution is -2.17. The second-order valence-corrected chi connectivity index (χ2v) is 5.92. The smallest absolute Gasteiger partial charge is 0.406 e. The molecule has 130 valence electrons. The number of alkyl halides is 3. The molecule has 0 saturated carbocycles. The zero-order valence-corrected chi connectivity index (χ0v) is 13.8. The van der Waals surface area contributed by atoms with E-state index >= 15 is 0 Å². The summed E-state index contributed by atoms with van der Waals surface area (Å²) in [6.07, 6.45) is -4.77. The molecule has 4 nitrogen and oxygen atoms in total. The van der Waals surface area contributed by atoms with Gasteiger partial charge in [-0.25, -0.2) is 4.68 Å². The fourth-order valence-electron chi connectivity index (χ4n) is 2.24. The van der Waals surface area contributed by atoms with Crippen LogP contribution in [0.25, 0.3) is 16.9 Å². The molecule has 0 aliphatic heterocycles. The molecular formula is C16H9Cl2F3N2O2. The van der Waals surface area contributed by atoms with E-state index in [4.69, 9.17) is 23.2 Å². The van der Waals surface area contributed by atoms with Crippen molar-refractivity contribution < 1.29 is 17.9 Å². The maximum Gasteiger partial charge on any atom is 0.573 e. The molecule has 1 heterocycles. The lowest BCUT2D eigenvalue weighted by molar-refractivity contribution is -0.274. The van der Waals surface area contributed by atoms with Crippen LogP contribution in [0.5, 0.6) is 5.75 Å². The van der Waals surface area contributed by atoms with Gasteiger partial charge < -0.3 is 4.74 Å². The molecule has 3 aromatic rings. The van der Waals surface area contributed by atoms with Crippen LogP contribution in [-0.2, 0) is 0 Å². The Balaban J connectivity index is 1.94. The van der Waals surface area contributed by atoms with Gasteiger partial charge in [0.05, 0.1) is 11.4 Å². The van der Waals surface area contributed by atoms with Gasteiger partial charge in [0.25, 0.3) is 5.56 Å². The fourth-order valence-corrected chi connectivity index (χ4v) is 2.77. The first-order valence-corrected chi connectivity index (χ1v) is 7.61. The minimum absolute atomic E-state index is 0.346. The maximum absolute atomic E-state index is 12.2. The number of halogens is 5. The third-order valence-electron chi connectivity index (χ3n) is 3.22. The molecular weight excluding hydrogens is 380 g/mol. The van der Waals surface area contributed by atoms with Gasteiger partial charge in [0.2, 0.25) is 0 Å². The van der Waals surface area contributed by atoms with E-state index in [1.165, 1.54) is 22.9 Å². The second-order valence-electron chi connectivity index (χ2n) is 5.04. The van der Waals surface area contributed by atoms with Crippen molar-refractivity contribution in [1.82, 2.24) is 9.78 Å². The lowest BCUT2D eigenvalue weighted by atomic mass is 10.1. The van der Waals surface area contributed by atoms with Crippen LogP contribution in [-0.4, -0.2) is 16.1 Å². The molecule has 25 heavy (non-hydrogen) atoms. The Morgan fingerprint density at radius 2 is 1.56 bits per heavy atom. The molecule has 9 heteroatoms. The van der Waals surface area contributed by atoms with Gasteiger partial charge >= 0.3 is 6.36 Å². The van der Waals surface area contributed by atoms with Crippen molar-refractivity contribution in [1.29, 1.82) is 0 Å². The Hall–Kier alpha value is -2.38. The number of H-pyrrole nitrogens is 1. The molecule has 0 saturated heterocycles. The van der Waals surface area contributed by atoms with Gasteiger partial charge in [-0.1, -0.05) is 23.2 Å². The molecule has 3 rings (SSSR count). The number of hydrogen-bond acceptors (Lipinski definition) is 2. The van der Waals surface area contributed by atoms with Crippen LogP contribution < -0.4 is 10.3 Å². The third kappa shape index (κ3) is 4.18. The van der Waals surface area contributed by atoms with Gasteiger partial charge in [-0.3, -0.25) is 9.89 Å². The van der Waals surface area contributed by atoms with Crippen LogP contribution in [0.4, 0.5) is 13.2 Å². The van der Waals surface area contributed by atoms with E-state index in [9.17, 15) is 18.0 Å². The third-order valence-corrected chi connectivity index (χ3v) is 3.66. The van der Waals surface area contributed by atoms with Gasteiger partial charge in [0.15, 0.2) is 0 Å². The van der Waals surface area contributed by atoms with Gasteiger partial charge in [0, 0.05) is 21.7 Å². The molecule has 1 N–H and O–H groups in total. The average Bonchev–Trinajstić information content (AvgIpc) is 2.87. The Morgan fingerprint density at radius 1 is 0.960 bits per heavy atom. The van der Waals surface area contributed by atoms with Gasteiger partial charge in [-0.05, 0) is 42.5 Å². The monoisotopic (exact) mass is 388 g/mol. The summed E-state index contributed by atoms with van der Waals surface area (Å²) < 4.78 is 41.5. The summed E-state index contributed by atoms with van der Waals surface area (Å²) in [5.74, 6) is -0.377. The van der Waals surface area contributed by atoms with Crippen LogP contribution in [0.15, 0.2) is 53.3 Å². The zero-order valence-electron chi connectivity index (χ0n) is 12.3. The quantitative estimate of drug-likeness (QED) is 0.683. The number of nitrogens with zero attached hydrogens (tertiary/aromatic N) is 1. The Labute approximate surface area is 149 Å². The lowest BCUT2D eigenvalue weighted by Gasteiger charge is -2.09. The average molecular weight is 389 g/mol. The molecule has 0 unspecified atom stereocenters. The van der Waals surface area contributed by atoms with E-state index in [2.05, 4.69) is 9.84 Å². The number of benzene rings is 2. The van der Waals surface area contributed by atoms with Crippen molar-refractivity contribution in [2.45, 2.75) is 6.36 Å². The maximum atomic E-state index is 12.2. The number of ether oxygens (including phenoxy) is 1. The molecule has 0 spiro atoms. The normalized spacial score (nSPS) is 11.6. The SMILES string of the molecule is O=c1cc(-c2cc(Cl)cc(Cl)c2)[nH]n1-c1ccc(OC(F)(F)F)cc1. The van der Waals surface area contributed by atoms with Crippen LogP contribution in [0.3, 0.4) is 0 Å². The molecule has 0 atom stereocenters. The first kappa shape index (κ1) is 17.4. The number of nitrogens with one attached hydrogen (secondary N) is 1. The first-order chi connectivity index (χ1) is 11.7. The highest BCUT2D eigenvalue weighted by atomic mass is 35.5. The summed E-state index contributed by atoms with van der Waals surface area (Å²) in [6.45, 7) is 0. The van der Waals surface area contributed by atoms with E-state index in [1.54, 1.807) is 18.2 Å². The van der Waals surface area contributed by atoms with E-state index in [0.29, 0.717) is 27.0 Å². The number of aromatic nitrogens is 2. The van der Waals surface area contributed by atoms with Crippen molar-refractivity contribution in [2.24, 2.45) is 0 Å². The highest BCUT2D eigenvalue weighted by Gasteiger charge is 2.31. The minimum atomic E-state index is -4.77. The molecule has 0 aliphatic carbocycles. The van der Waals surface area contributed by atoms with Crippen LogP contribution in [0.1, 0.15) is 0 Å². The summed E-state index contributed by atoms with van der Waals surface area (Å²) in [4.78, 5) is 12.2. The molecule has 0 amide bonds. The van der Waals surface area contributed by atoms with E-state index in [-0.39, 0.29) is 5.75 Å². The zero-order chi connectivity index (χ0) is 18.2. The van der Waals surface area contributed by atoms with E-state index < -0.39 is 11.9 Å². The van der Waals surface area contributed by atoms with Crippen molar-refractivity contribution in [3.05, 3.63) is 68.9 Å². The number of aromatic amines is 1. The highest BCUT2D eigenvalue weighted by molar-refractivity contribution is 6.35. The van der Waals surface area contributed by atoms with Gasteiger partial charge in [-0.15, -0.1) is 13.2 Å². The van der Waals surface area contributed by atoms with Crippen molar-refractivity contribution >= 4 is 23.2 Å². The molecule has 0 bridgehead atoms. The Morgan fingerprint density at radius 3 is 2.12 bits per heavy atom. The number of hydrogen-bond donors (Lipinski definition) is 1. The summed E-state index contributed by atoms with van der Waals surface area (Å²) in [7, 11) is 0. The van der Waals surface area contributed by atoms with Crippen molar-refractivity contribution in [2.75, 3.05) is 0 Å².